The number of aromatic amines is 1. The number of carbonyl (C=O) groups excluding carboxylic acids is 1. The van der Waals surface area contributed by atoms with Crippen molar-refractivity contribution in [1.82, 2.24) is 9.88 Å². The number of nitrogens with one attached hydrogen (secondary N) is 2. The van der Waals surface area contributed by atoms with Crippen molar-refractivity contribution in [3.8, 4) is 17.2 Å². The second kappa shape index (κ2) is 8.69. The Kier molecular flexibility index (Phi) is 5.81. The lowest BCUT2D eigenvalue weighted by molar-refractivity contribution is -0.117. The maximum Gasteiger partial charge on any atom is 0.238 e. The Bertz CT molecular complexity index is 1190. The number of carbonyl (C=O) groups is 1. The average molecular weight is 423 g/mol. The van der Waals surface area contributed by atoms with Crippen LogP contribution in [-0.4, -0.2) is 50.2 Å². The van der Waals surface area contributed by atoms with E-state index < -0.39 is 0 Å². The molecule has 2 aromatic carbocycles. The first-order valence-corrected chi connectivity index (χ1v) is 9.98. The van der Waals surface area contributed by atoms with E-state index in [4.69, 9.17) is 14.2 Å². The molecule has 0 saturated carbocycles. The summed E-state index contributed by atoms with van der Waals surface area (Å²) in [4.78, 5) is 31.1. The zero-order valence-corrected chi connectivity index (χ0v) is 17.8. The number of aromatic nitrogens is 1. The van der Waals surface area contributed by atoms with Crippen LogP contribution in [0.1, 0.15) is 11.3 Å². The van der Waals surface area contributed by atoms with E-state index in [0.717, 1.165) is 11.2 Å². The number of amides is 1. The number of H-pyrrole nitrogens is 1. The summed E-state index contributed by atoms with van der Waals surface area (Å²) >= 11 is 0. The van der Waals surface area contributed by atoms with E-state index in [1.54, 1.807) is 38.5 Å². The third kappa shape index (κ3) is 4.20. The van der Waals surface area contributed by atoms with Gasteiger partial charge in [-0.15, -0.1) is 0 Å². The number of ether oxygens (including phenoxy) is 3. The van der Waals surface area contributed by atoms with Crippen molar-refractivity contribution in [2.45, 2.75) is 13.0 Å². The van der Waals surface area contributed by atoms with E-state index in [0.29, 0.717) is 53.4 Å². The second-order valence-electron chi connectivity index (χ2n) is 7.40. The molecule has 1 aromatic heterocycles. The SMILES string of the molecule is COc1ccc(NC(=O)CN2CCc3[nH]c4ccc(OC)cc4c(=O)c3C2)c(OC)c1. The smallest absolute Gasteiger partial charge is 0.238 e. The van der Waals surface area contributed by atoms with E-state index >= 15 is 0 Å². The molecule has 0 aliphatic carbocycles. The van der Waals surface area contributed by atoms with Gasteiger partial charge in [0.15, 0.2) is 5.43 Å². The summed E-state index contributed by atoms with van der Waals surface area (Å²) < 4.78 is 15.8. The van der Waals surface area contributed by atoms with Crippen molar-refractivity contribution in [2.24, 2.45) is 0 Å². The lowest BCUT2D eigenvalue weighted by atomic mass is 10.0. The molecular weight excluding hydrogens is 398 g/mol. The number of nitrogens with zero attached hydrogens (tertiary/aromatic N) is 1. The van der Waals surface area contributed by atoms with Gasteiger partial charge in [0.1, 0.15) is 17.2 Å². The highest BCUT2D eigenvalue weighted by atomic mass is 16.5. The third-order valence-electron chi connectivity index (χ3n) is 5.51. The minimum Gasteiger partial charge on any atom is -0.497 e. The zero-order chi connectivity index (χ0) is 22.0. The van der Waals surface area contributed by atoms with E-state index in [1.807, 2.05) is 17.0 Å². The minimum atomic E-state index is -0.175. The Hall–Kier alpha value is -3.52. The van der Waals surface area contributed by atoms with Gasteiger partial charge in [0, 0.05) is 47.7 Å². The lowest BCUT2D eigenvalue weighted by Gasteiger charge is -2.28. The third-order valence-corrected chi connectivity index (χ3v) is 5.51. The van der Waals surface area contributed by atoms with Crippen molar-refractivity contribution < 1.29 is 19.0 Å². The lowest BCUT2D eigenvalue weighted by Crippen LogP contribution is -2.39. The molecule has 8 nitrogen and oxygen atoms in total. The van der Waals surface area contributed by atoms with Crippen LogP contribution in [0.3, 0.4) is 0 Å². The molecule has 0 spiro atoms. The summed E-state index contributed by atoms with van der Waals surface area (Å²) in [5, 5.41) is 3.47. The fourth-order valence-electron chi connectivity index (χ4n) is 3.87. The first-order chi connectivity index (χ1) is 15.0. The van der Waals surface area contributed by atoms with Crippen molar-refractivity contribution in [3.63, 3.8) is 0 Å². The van der Waals surface area contributed by atoms with Crippen LogP contribution in [0.5, 0.6) is 17.2 Å². The van der Waals surface area contributed by atoms with Gasteiger partial charge in [-0.25, -0.2) is 0 Å². The number of hydrogen-bond donors (Lipinski definition) is 2. The highest BCUT2D eigenvalue weighted by Gasteiger charge is 2.23. The number of pyridine rings is 1. The van der Waals surface area contributed by atoms with E-state index in [1.165, 1.54) is 7.11 Å². The van der Waals surface area contributed by atoms with Crippen LogP contribution < -0.4 is 25.0 Å². The summed E-state index contributed by atoms with van der Waals surface area (Å²) in [5.74, 6) is 1.63. The van der Waals surface area contributed by atoms with Gasteiger partial charge in [0.05, 0.1) is 33.6 Å². The molecule has 31 heavy (non-hydrogen) atoms. The summed E-state index contributed by atoms with van der Waals surface area (Å²) in [6.45, 7) is 1.26. The zero-order valence-electron chi connectivity index (χ0n) is 17.8. The summed E-state index contributed by atoms with van der Waals surface area (Å²) in [6.07, 6.45) is 0.672. The van der Waals surface area contributed by atoms with Crippen molar-refractivity contribution in [1.29, 1.82) is 0 Å². The van der Waals surface area contributed by atoms with Crippen LogP contribution in [0, 0.1) is 0 Å². The van der Waals surface area contributed by atoms with Gasteiger partial charge in [-0.3, -0.25) is 14.5 Å². The summed E-state index contributed by atoms with van der Waals surface area (Å²) in [5.41, 5.74) is 2.96. The highest BCUT2D eigenvalue weighted by Crippen LogP contribution is 2.29. The van der Waals surface area contributed by atoms with Crippen molar-refractivity contribution in [2.75, 3.05) is 39.7 Å². The molecule has 1 aliphatic rings. The number of rotatable bonds is 6. The van der Waals surface area contributed by atoms with E-state index in [9.17, 15) is 9.59 Å². The molecule has 0 radical (unpaired) electrons. The van der Waals surface area contributed by atoms with Gasteiger partial charge < -0.3 is 24.5 Å². The van der Waals surface area contributed by atoms with E-state index in [-0.39, 0.29) is 17.9 Å². The Morgan fingerprint density at radius 1 is 1.06 bits per heavy atom. The van der Waals surface area contributed by atoms with Gasteiger partial charge in [0.25, 0.3) is 0 Å². The number of anilines is 1. The quantitative estimate of drug-likeness (QED) is 0.633. The Balaban J connectivity index is 1.51. The number of fused-ring (bicyclic) bond motifs is 2. The number of hydrogen-bond acceptors (Lipinski definition) is 6. The number of benzene rings is 2. The normalized spacial score (nSPS) is 13.5. The average Bonchev–Trinajstić information content (AvgIpc) is 2.79. The monoisotopic (exact) mass is 423 g/mol. The maximum absolute atomic E-state index is 13.1. The van der Waals surface area contributed by atoms with E-state index in [2.05, 4.69) is 10.3 Å². The van der Waals surface area contributed by atoms with Crippen LogP contribution in [0.2, 0.25) is 0 Å². The largest absolute Gasteiger partial charge is 0.497 e. The molecule has 3 aromatic rings. The highest BCUT2D eigenvalue weighted by molar-refractivity contribution is 5.93. The maximum atomic E-state index is 13.1. The first kappa shape index (κ1) is 20.7. The molecule has 1 amide bonds. The molecule has 0 saturated heterocycles. The van der Waals surface area contributed by atoms with Crippen LogP contribution >= 0.6 is 0 Å². The van der Waals surface area contributed by atoms with Crippen LogP contribution in [0.25, 0.3) is 10.9 Å². The van der Waals surface area contributed by atoms with Gasteiger partial charge in [-0.1, -0.05) is 0 Å². The van der Waals surface area contributed by atoms with Gasteiger partial charge in [0.2, 0.25) is 5.91 Å². The molecule has 162 valence electrons. The van der Waals surface area contributed by atoms with Crippen molar-refractivity contribution in [3.05, 3.63) is 57.9 Å². The first-order valence-electron chi connectivity index (χ1n) is 9.98. The summed E-state index contributed by atoms with van der Waals surface area (Å²) in [7, 11) is 4.69. The molecule has 0 atom stereocenters. The molecule has 0 unspecified atom stereocenters. The molecular formula is C23H25N3O5. The van der Waals surface area contributed by atoms with Crippen LogP contribution in [-0.2, 0) is 17.8 Å². The molecule has 0 fully saturated rings. The van der Waals surface area contributed by atoms with Gasteiger partial charge in [-0.2, -0.15) is 0 Å². The number of methoxy groups -OCH3 is 3. The standard InChI is InChI=1S/C23H25N3O5/c1-29-14-4-6-18-16(10-14)23(28)17-12-26(9-8-19(17)24-18)13-22(27)25-20-7-5-15(30-2)11-21(20)31-3/h4-7,10-11H,8-9,12-13H2,1-3H3,(H,24,28)(H,25,27). The molecule has 0 bridgehead atoms. The minimum absolute atomic E-state index is 0.0235. The molecule has 1 aliphatic heterocycles. The van der Waals surface area contributed by atoms with Gasteiger partial charge >= 0.3 is 0 Å². The topological polar surface area (TPSA) is 92.9 Å². The molecule has 2 N–H and O–H groups in total. The molecule has 2 heterocycles. The fourth-order valence-corrected chi connectivity index (χ4v) is 3.87. The second-order valence-corrected chi connectivity index (χ2v) is 7.40. The summed E-state index contributed by atoms with van der Waals surface area (Å²) in [6, 6.07) is 10.6. The fraction of sp³-hybridized carbons (Fsp3) is 0.304. The Morgan fingerprint density at radius 3 is 2.55 bits per heavy atom. The van der Waals surface area contributed by atoms with Crippen LogP contribution in [0.15, 0.2) is 41.2 Å². The predicted molar refractivity (Wildman–Crippen MR) is 118 cm³/mol. The molecule has 8 heteroatoms. The predicted octanol–water partition coefficient (Wildman–Crippen LogP) is 2.55. The Labute approximate surface area is 179 Å². The van der Waals surface area contributed by atoms with Gasteiger partial charge in [-0.05, 0) is 30.3 Å². The molecule has 4 rings (SSSR count). The van der Waals surface area contributed by atoms with Crippen molar-refractivity contribution >= 4 is 22.5 Å². The van der Waals surface area contributed by atoms with Crippen LogP contribution in [0.4, 0.5) is 5.69 Å². The Morgan fingerprint density at radius 2 is 1.81 bits per heavy atom.